The fourth-order valence-corrected chi connectivity index (χ4v) is 3.08. The maximum Gasteiger partial charge on any atom is 0.216 e. The first kappa shape index (κ1) is 17.1. The number of nitrogens with zero attached hydrogens (tertiary/aromatic N) is 3. The zero-order valence-corrected chi connectivity index (χ0v) is 14.9. The van der Waals surface area contributed by atoms with Gasteiger partial charge in [0.05, 0.1) is 6.21 Å². The van der Waals surface area contributed by atoms with Gasteiger partial charge in [-0.15, -0.1) is 0 Å². The van der Waals surface area contributed by atoms with Gasteiger partial charge in [0.15, 0.2) is 5.82 Å². The van der Waals surface area contributed by atoms with E-state index in [-0.39, 0.29) is 11.6 Å². The Morgan fingerprint density at radius 1 is 1.11 bits per heavy atom. The molecule has 0 aliphatic carbocycles. The van der Waals surface area contributed by atoms with Crippen LogP contribution >= 0.6 is 12.2 Å². The molecule has 0 radical (unpaired) electrons. The monoisotopic (exact) mass is 378 g/mol. The number of hydrogen-bond acceptors (Lipinski definition) is 4. The second-order valence-electron chi connectivity index (χ2n) is 6.02. The molecule has 134 valence electrons. The molecule has 1 heterocycles. The lowest BCUT2D eigenvalue weighted by Gasteiger charge is -2.05. The van der Waals surface area contributed by atoms with Crippen molar-refractivity contribution < 1.29 is 9.50 Å². The van der Waals surface area contributed by atoms with E-state index in [1.54, 1.807) is 24.4 Å². The third-order valence-corrected chi connectivity index (χ3v) is 4.51. The summed E-state index contributed by atoms with van der Waals surface area (Å²) in [5.41, 5.74) is 1.48. The highest BCUT2D eigenvalue weighted by Gasteiger charge is 2.08. The van der Waals surface area contributed by atoms with Gasteiger partial charge >= 0.3 is 0 Å². The molecule has 0 bridgehead atoms. The van der Waals surface area contributed by atoms with Crippen molar-refractivity contribution in [3.8, 4) is 5.75 Å². The van der Waals surface area contributed by atoms with Crippen molar-refractivity contribution in [3.05, 3.63) is 88.2 Å². The number of rotatable bonds is 4. The van der Waals surface area contributed by atoms with Crippen molar-refractivity contribution in [2.45, 2.75) is 6.42 Å². The highest BCUT2D eigenvalue weighted by Crippen LogP contribution is 2.25. The lowest BCUT2D eigenvalue weighted by Crippen LogP contribution is -2.01. The highest BCUT2D eigenvalue weighted by atomic mass is 32.1. The molecule has 0 fully saturated rings. The van der Waals surface area contributed by atoms with Crippen LogP contribution in [0.2, 0.25) is 0 Å². The first-order chi connectivity index (χ1) is 13.1. The molecule has 0 aliphatic rings. The summed E-state index contributed by atoms with van der Waals surface area (Å²) in [5.74, 6) is 0.428. The van der Waals surface area contributed by atoms with Gasteiger partial charge < -0.3 is 5.11 Å². The Balaban J connectivity index is 1.71. The smallest absolute Gasteiger partial charge is 0.216 e. The zero-order valence-electron chi connectivity index (χ0n) is 14.1. The van der Waals surface area contributed by atoms with Gasteiger partial charge in [-0.1, -0.05) is 42.5 Å². The Morgan fingerprint density at radius 3 is 2.70 bits per heavy atom. The molecule has 7 heteroatoms. The highest BCUT2D eigenvalue weighted by molar-refractivity contribution is 7.71. The summed E-state index contributed by atoms with van der Waals surface area (Å²) in [6.45, 7) is 0. The minimum absolute atomic E-state index is 0.132. The maximum absolute atomic E-state index is 13.1. The molecule has 0 spiro atoms. The topological polar surface area (TPSA) is 66.2 Å². The average Bonchev–Trinajstić information content (AvgIpc) is 3.02. The quantitative estimate of drug-likeness (QED) is 0.408. The molecule has 4 aromatic rings. The van der Waals surface area contributed by atoms with Gasteiger partial charge in [0, 0.05) is 12.0 Å². The molecule has 0 saturated heterocycles. The number of benzene rings is 3. The lowest BCUT2D eigenvalue weighted by atomic mass is 10.0. The van der Waals surface area contributed by atoms with Gasteiger partial charge in [-0.25, -0.2) is 4.39 Å². The minimum atomic E-state index is -0.290. The van der Waals surface area contributed by atoms with E-state index in [0.29, 0.717) is 22.6 Å². The molecule has 0 unspecified atom stereocenters. The molecular formula is C20H15FN4OS. The van der Waals surface area contributed by atoms with Crippen LogP contribution in [0.1, 0.15) is 17.0 Å². The van der Waals surface area contributed by atoms with Crippen LogP contribution in [0.25, 0.3) is 10.8 Å². The van der Waals surface area contributed by atoms with E-state index in [1.807, 2.05) is 30.3 Å². The summed E-state index contributed by atoms with van der Waals surface area (Å²) >= 11 is 5.26. The Morgan fingerprint density at radius 2 is 1.89 bits per heavy atom. The summed E-state index contributed by atoms with van der Waals surface area (Å²) in [7, 11) is 0. The Kier molecular flexibility index (Phi) is 4.52. The average molecular weight is 378 g/mol. The predicted octanol–water partition coefficient (Wildman–Crippen LogP) is 4.41. The molecule has 3 aromatic carbocycles. The maximum atomic E-state index is 13.1. The second-order valence-corrected chi connectivity index (χ2v) is 6.41. The van der Waals surface area contributed by atoms with E-state index in [0.717, 1.165) is 16.3 Å². The minimum Gasteiger partial charge on any atom is -0.507 e. The Bertz CT molecular complexity index is 1190. The van der Waals surface area contributed by atoms with Crippen molar-refractivity contribution in [2.24, 2.45) is 5.10 Å². The van der Waals surface area contributed by atoms with Crippen LogP contribution in [-0.4, -0.2) is 26.2 Å². The van der Waals surface area contributed by atoms with Gasteiger partial charge in [-0.05, 0) is 46.8 Å². The molecular weight excluding hydrogens is 363 g/mol. The number of hydrogen-bond donors (Lipinski definition) is 2. The first-order valence-corrected chi connectivity index (χ1v) is 8.68. The molecule has 1 aromatic heterocycles. The number of phenolic OH excluding ortho intramolecular Hbond substituents is 1. The number of aromatic hydroxyl groups is 1. The van der Waals surface area contributed by atoms with Gasteiger partial charge in [0.1, 0.15) is 11.6 Å². The van der Waals surface area contributed by atoms with Gasteiger partial charge in [0.25, 0.3) is 0 Å². The van der Waals surface area contributed by atoms with E-state index in [1.165, 1.54) is 16.8 Å². The normalized spacial score (nSPS) is 11.4. The van der Waals surface area contributed by atoms with Crippen LogP contribution in [0.15, 0.2) is 65.8 Å². The van der Waals surface area contributed by atoms with E-state index in [9.17, 15) is 9.50 Å². The molecule has 2 N–H and O–H groups in total. The fraction of sp³-hybridized carbons (Fsp3) is 0.0500. The number of aromatic nitrogens is 3. The van der Waals surface area contributed by atoms with E-state index >= 15 is 0 Å². The number of halogens is 1. The van der Waals surface area contributed by atoms with E-state index < -0.39 is 0 Å². The van der Waals surface area contributed by atoms with E-state index in [2.05, 4.69) is 15.3 Å². The molecule has 0 aliphatic heterocycles. The lowest BCUT2D eigenvalue weighted by molar-refractivity contribution is 0.475. The second kappa shape index (κ2) is 7.13. The predicted molar refractivity (Wildman–Crippen MR) is 105 cm³/mol. The molecule has 0 amide bonds. The van der Waals surface area contributed by atoms with Crippen molar-refractivity contribution in [2.75, 3.05) is 0 Å². The molecule has 0 saturated carbocycles. The van der Waals surface area contributed by atoms with Crippen molar-refractivity contribution in [1.29, 1.82) is 0 Å². The Labute approximate surface area is 159 Å². The van der Waals surface area contributed by atoms with Crippen LogP contribution in [0, 0.1) is 10.6 Å². The molecule has 0 atom stereocenters. The number of phenols is 1. The summed E-state index contributed by atoms with van der Waals surface area (Å²) in [6, 6.07) is 17.4. The van der Waals surface area contributed by atoms with Crippen LogP contribution in [0.5, 0.6) is 5.75 Å². The molecule has 4 rings (SSSR count). The number of fused-ring (bicyclic) bond motifs is 1. The van der Waals surface area contributed by atoms with Gasteiger partial charge in [-0.3, -0.25) is 5.10 Å². The van der Waals surface area contributed by atoms with Crippen LogP contribution < -0.4 is 0 Å². The van der Waals surface area contributed by atoms with Crippen LogP contribution in [0.3, 0.4) is 0 Å². The zero-order chi connectivity index (χ0) is 18.8. The summed E-state index contributed by atoms with van der Waals surface area (Å²) in [4.78, 5) is 0. The number of aromatic amines is 1. The van der Waals surface area contributed by atoms with Crippen molar-refractivity contribution in [1.82, 2.24) is 14.9 Å². The van der Waals surface area contributed by atoms with Crippen LogP contribution in [0.4, 0.5) is 4.39 Å². The largest absolute Gasteiger partial charge is 0.507 e. The third-order valence-electron chi connectivity index (χ3n) is 4.24. The van der Waals surface area contributed by atoms with E-state index in [4.69, 9.17) is 12.2 Å². The van der Waals surface area contributed by atoms with Gasteiger partial charge in [0.2, 0.25) is 4.77 Å². The Hall–Kier alpha value is -3.32. The van der Waals surface area contributed by atoms with Crippen molar-refractivity contribution in [3.63, 3.8) is 0 Å². The summed E-state index contributed by atoms with van der Waals surface area (Å²) < 4.78 is 14.9. The van der Waals surface area contributed by atoms with Crippen molar-refractivity contribution >= 4 is 29.2 Å². The van der Waals surface area contributed by atoms with Gasteiger partial charge in [-0.2, -0.15) is 14.9 Å². The SMILES string of the molecule is Oc1ccc2ccccc2c1/C=N\n1c(Cc2ccc(F)cc2)n[nH]c1=S. The number of H-pyrrole nitrogens is 1. The fourth-order valence-electron chi connectivity index (χ4n) is 2.88. The third kappa shape index (κ3) is 3.50. The standard InChI is InChI=1S/C20H15FN4OS/c21-15-8-5-13(6-9-15)11-19-23-24-20(27)25(19)22-12-17-16-4-2-1-3-14(16)7-10-18(17)26/h1-10,12,26H,11H2,(H,24,27)/b22-12-. The summed E-state index contributed by atoms with van der Waals surface area (Å²) in [6.07, 6.45) is 2.00. The number of nitrogens with one attached hydrogen (secondary N) is 1. The van der Waals surface area contributed by atoms with Crippen LogP contribution in [-0.2, 0) is 6.42 Å². The summed E-state index contributed by atoms with van der Waals surface area (Å²) in [5, 5.41) is 23.5. The molecule has 27 heavy (non-hydrogen) atoms. The first-order valence-electron chi connectivity index (χ1n) is 8.27. The molecule has 5 nitrogen and oxygen atoms in total.